The van der Waals surface area contributed by atoms with Crippen molar-refractivity contribution < 1.29 is 8.42 Å². The summed E-state index contributed by atoms with van der Waals surface area (Å²) in [5.74, 6) is 0.239. The molecule has 2 atom stereocenters. The van der Waals surface area contributed by atoms with E-state index in [1.54, 1.807) is 6.92 Å². The predicted octanol–water partition coefficient (Wildman–Crippen LogP) is 2.68. The van der Waals surface area contributed by atoms with Crippen molar-refractivity contribution in [3.8, 4) is 0 Å². The standard InChI is InChI=1S/C14H23NO2S/c1-3-4-8-11-18(16,17)12(2)14(15)13-9-6-5-7-10-13/h5-7,9-10,12,14H,3-4,8,11,15H2,1-2H3. The molecule has 3 nitrogen and oxygen atoms in total. The third-order valence-electron chi connectivity index (χ3n) is 3.29. The van der Waals surface area contributed by atoms with Gasteiger partial charge >= 0.3 is 0 Å². The van der Waals surface area contributed by atoms with Crippen molar-refractivity contribution in [3.05, 3.63) is 35.9 Å². The lowest BCUT2D eigenvalue weighted by Crippen LogP contribution is -2.32. The molecule has 4 heteroatoms. The summed E-state index contributed by atoms with van der Waals surface area (Å²) >= 11 is 0. The van der Waals surface area contributed by atoms with Crippen molar-refractivity contribution in [2.45, 2.75) is 44.4 Å². The average Bonchev–Trinajstić information content (AvgIpc) is 2.38. The molecule has 2 unspecified atom stereocenters. The van der Waals surface area contributed by atoms with Gasteiger partial charge in [-0.3, -0.25) is 0 Å². The molecule has 0 spiro atoms. The Balaban J connectivity index is 2.71. The molecule has 0 fully saturated rings. The Morgan fingerprint density at radius 1 is 1.17 bits per heavy atom. The van der Waals surface area contributed by atoms with Gasteiger partial charge in [0.25, 0.3) is 0 Å². The van der Waals surface area contributed by atoms with Gasteiger partial charge < -0.3 is 5.73 Å². The molecule has 0 saturated carbocycles. The van der Waals surface area contributed by atoms with Crippen LogP contribution < -0.4 is 5.73 Å². The monoisotopic (exact) mass is 269 g/mol. The number of rotatable bonds is 7. The van der Waals surface area contributed by atoms with Crippen molar-refractivity contribution in [2.75, 3.05) is 5.75 Å². The first-order valence-electron chi connectivity index (χ1n) is 6.51. The zero-order valence-corrected chi connectivity index (χ0v) is 12.0. The van der Waals surface area contributed by atoms with Crippen LogP contribution in [-0.2, 0) is 9.84 Å². The molecule has 0 aromatic heterocycles. The lowest BCUT2D eigenvalue weighted by Gasteiger charge is -2.20. The first-order chi connectivity index (χ1) is 8.49. The largest absolute Gasteiger partial charge is 0.323 e. The number of hydrogen-bond donors (Lipinski definition) is 1. The maximum Gasteiger partial charge on any atom is 0.154 e. The van der Waals surface area contributed by atoms with Gasteiger partial charge in [0.2, 0.25) is 0 Å². The second-order valence-electron chi connectivity index (χ2n) is 4.72. The average molecular weight is 269 g/mol. The molecule has 18 heavy (non-hydrogen) atoms. The molecule has 102 valence electrons. The Bertz CT molecular complexity index is 442. The minimum absolute atomic E-state index is 0.239. The van der Waals surface area contributed by atoms with Crippen LogP contribution in [0.25, 0.3) is 0 Å². The maximum atomic E-state index is 12.1. The number of benzene rings is 1. The smallest absolute Gasteiger partial charge is 0.154 e. The van der Waals surface area contributed by atoms with E-state index in [0.717, 1.165) is 24.8 Å². The van der Waals surface area contributed by atoms with E-state index in [2.05, 4.69) is 6.92 Å². The van der Waals surface area contributed by atoms with E-state index in [9.17, 15) is 8.42 Å². The summed E-state index contributed by atoms with van der Waals surface area (Å²) in [6.07, 6.45) is 2.70. The summed E-state index contributed by atoms with van der Waals surface area (Å²) in [6.45, 7) is 3.77. The summed E-state index contributed by atoms with van der Waals surface area (Å²) in [7, 11) is -3.10. The van der Waals surface area contributed by atoms with Crippen LogP contribution in [0.15, 0.2) is 30.3 Å². The highest BCUT2D eigenvalue weighted by Crippen LogP contribution is 2.20. The van der Waals surface area contributed by atoms with E-state index in [1.807, 2.05) is 30.3 Å². The molecule has 0 bridgehead atoms. The van der Waals surface area contributed by atoms with Crippen LogP contribution in [0.3, 0.4) is 0 Å². The predicted molar refractivity (Wildman–Crippen MR) is 76.1 cm³/mol. The molecular weight excluding hydrogens is 246 g/mol. The van der Waals surface area contributed by atoms with Crippen LogP contribution in [0, 0.1) is 0 Å². The third kappa shape index (κ3) is 4.10. The van der Waals surface area contributed by atoms with Gasteiger partial charge in [-0.1, -0.05) is 50.1 Å². The Morgan fingerprint density at radius 2 is 1.78 bits per heavy atom. The van der Waals surface area contributed by atoms with Crippen molar-refractivity contribution in [2.24, 2.45) is 5.73 Å². The number of nitrogens with two attached hydrogens (primary N) is 1. The fourth-order valence-corrected chi connectivity index (χ4v) is 3.49. The van der Waals surface area contributed by atoms with E-state index in [1.165, 1.54) is 0 Å². The highest BCUT2D eigenvalue weighted by Gasteiger charge is 2.27. The molecule has 0 heterocycles. The van der Waals surface area contributed by atoms with E-state index in [4.69, 9.17) is 5.73 Å². The second kappa shape index (κ2) is 6.90. The Kier molecular flexibility index (Phi) is 5.82. The van der Waals surface area contributed by atoms with Gasteiger partial charge in [0.1, 0.15) is 0 Å². The highest BCUT2D eigenvalue weighted by molar-refractivity contribution is 7.92. The summed E-state index contributed by atoms with van der Waals surface area (Å²) < 4.78 is 24.3. The number of sulfone groups is 1. The Morgan fingerprint density at radius 3 is 2.33 bits per heavy atom. The van der Waals surface area contributed by atoms with Gasteiger partial charge in [0.05, 0.1) is 11.0 Å². The van der Waals surface area contributed by atoms with Gasteiger partial charge in [-0.25, -0.2) is 8.42 Å². The lowest BCUT2D eigenvalue weighted by atomic mass is 10.1. The Hall–Kier alpha value is -0.870. The van der Waals surface area contributed by atoms with Gasteiger partial charge in [-0.05, 0) is 18.9 Å². The molecule has 0 amide bonds. The fourth-order valence-electron chi connectivity index (χ4n) is 1.91. The normalized spacial score (nSPS) is 15.3. The fraction of sp³-hybridized carbons (Fsp3) is 0.571. The molecule has 0 aliphatic rings. The van der Waals surface area contributed by atoms with E-state index < -0.39 is 21.1 Å². The summed E-state index contributed by atoms with van der Waals surface area (Å²) in [4.78, 5) is 0. The van der Waals surface area contributed by atoms with Crippen LogP contribution in [0.5, 0.6) is 0 Å². The van der Waals surface area contributed by atoms with E-state index >= 15 is 0 Å². The van der Waals surface area contributed by atoms with Crippen molar-refractivity contribution in [1.29, 1.82) is 0 Å². The maximum absolute atomic E-state index is 12.1. The van der Waals surface area contributed by atoms with Crippen molar-refractivity contribution in [3.63, 3.8) is 0 Å². The second-order valence-corrected chi connectivity index (χ2v) is 7.19. The van der Waals surface area contributed by atoms with Crippen LogP contribution in [0.4, 0.5) is 0 Å². The van der Waals surface area contributed by atoms with E-state index in [0.29, 0.717) is 0 Å². The third-order valence-corrected chi connectivity index (χ3v) is 5.57. The number of hydrogen-bond acceptors (Lipinski definition) is 3. The molecule has 0 saturated heterocycles. The van der Waals surface area contributed by atoms with E-state index in [-0.39, 0.29) is 5.75 Å². The first kappa shape index (κ1) is 15.2. The zero-order chi connectivity index (χ0) is 13.6. The molecule has 0 radical (unpaired) electrons. The topological polar surface area (TPSA) is 60.2 Å². The molecule has 1 aromatic rings. The van der Waals surface area contributed by atoms with Gasteiger partial charge in [0, 0.05) is 6.04 Å². The van der Waals surface area contributed by atoms with Crippen molar-refractivity contribution >= 4 is 9.84 Å². The molecule has 0 aliphatic carbocycles. The SMILES string of the molecule is CCCCCS(=O)(=O)C(C)C(N)c1ccccc1. The first-order valence-corrected chi connectivity index (χ1v) is 8.22. The summed E-state index contributed by atoms with van der Waals surface area (Å²) in [5.41, 5.74) is 6.93. The quantitative estimate of drug-likeness (QED) is 0.774. The molecule has 1 aromatic carbocycles. The number of unbranched alkanes of at least 4 members (excludes halogenated alkanes) is 2. The molecule has 0 aliphatic heterocycles. The molecular formula is C14H23NO2S. The lowest BCUT2D eigenvalue weighted by molar-refractivity contribution is 0.560. The minimum atomic E-state index is -3.10. The van der Waals surface area contributed by atoms with Crippen LogP contribution in [0.1, 0.15) is 44.7 Å². The van der Waals surface area contributed by atoms with Gasteiger partial charge in [-0.15, -0.1) is 0 Å². The minimum Gasteiger partial charge on any atom is -0.323 e. The highest BCUT2D eigenvalue weighted by atomic mass is 32.2. The zero-order valence-electron chi connectivity index (χ0n) is 11.2. The molecule has 2 N–H and O–H groups in total. The van der Waals surface area contributed by atoms with Crippen molar-refractivity contribution in [1.82, 2.24) is 0 Å². The van der Waals surface area contributed by atoms with Crippen LogP contribution in [-0.4, -0.2) is 19.4 Å². The van der Waals surface area contributed by atoms with Gasteiger partial charge in [-0.2, -0.15) is 0 Å². The van der Waals surface area contributed by atoms with Gasteiger partial charge in [0.15, 0.2) is 9.84 Å². The Labute approximate surface area is 110 Å². The molecule has 1 rings (SSSR count). The van der Waals surface area contributed by atoms with Crippen LogP contribution >= 0.6 is 0 Å². The summed E-state index contributed by atoms with van der Waals surface area (Å²) in [5, 5.41) is -0.531. The summed E-state index contributed by atoms with van der Waals surface area (Å²) in [6, 6.07) is 8.97. The van der Waals surface area contributed by atoms with Crippen LogP contribution in [0.2, 0.25) is 0 Å².